The lowest BCUT2D eigenvalue weighted by atomic mass is 9.79. The van der Waals surface area contributed by atoms with Gasteiger partial charge in [0.2, 0.25) is 0 Å². The number of allylic oxidation sites excluding steroid dienone is 2. The van der Waals surface area contributed by atoms with Gasteiger partial charge in [-0.1, -0.05) is 12.2 Å². The first kappa shape index (κ1) is 11.4. The molecule has 69 valence electrons. The lowest BCUT2D eigenvalue weighted by molar-refractivity contribution is 0.247. The summed E-state index contributed by atoms with van der Waals surface area (Å²) in [6, 6.07) is 0. The van der Waals surface area contributed by atoms with Crippen LogP contribution in [0.1, 0.15) is 25.7 Å². The molecule has 12 heavy (non-hydrogen) atoms. The summed E-state index contributed by atoms with van der Waals surface area (Å²) in [7, 11) is 0. The zero-order valence-electron chi connectivity index (χ0n) is 7.76. The predicted molar refractivity (Wildman–Crippen MR) is 53.7 cm³/mol. The first-order chi connectivity index (χ1) is 5.68. The molecule has 0 heterocycles. The number of aliphatic hydroxyl groups is 1. The Hall–Kier alpha value is -0.560. The molecule has 0 amide bonds. The van der Waals surface area contributed by atoms with E-state index in [0.29, 0.717) is 0 Å². The third-order valence-electron chi connectivity index (χ3n) is 2.02. The van der Waals surface area contributed by atoms with Gasteiger partial charge in [-0.2, -0.15) is 0 Å². The van der Waals surface area contributed by atoms with Crippen molar-refractivity contribution >= 4 is 0 Å². The molecule has 1 nitrogen and oxygen atoms in total. The maximum atomic E-state index is 8.69. The molecule has 0 aromatic heterocycles. The molecule has 0 aliphatic heterocycles. The van der Waals surface area contributed by atoms with Crippen LogP contribution in [-0.4, -0.2) is 11.7 Å². The monoisotopic (exact) mass is 167 g/mol. The summed E-state index contributed by atoms with van der Waals surface area (Å²) in [5.41, 5.74) is 0.00618. The van der Waals surface area contributed by atoms with Crippen LogP contribution in [0.4, 0.5) is 0 Å². The second-order valence-electron chi connectivity index (χ2n) is 3.31. The zero-order chi connectivity index (χ0) is 9.45. The van der Waals surface area contributed by atoms with Crippen LogP contribution >= 0.6 is 0 Å². The van der Waals surface area contributed by atoms with E-state index in [2.05, 4.69) is 20.1 Å². The van der Waals surface area contributed by atoms with Crippen LogP contribution in [0, 0.1) is 12.3 Å². The molecular formula is C11H19O. The largest absolute Gasteiger partial charge is 0.396 e. The summed E-state index contributed by atoms with van der Waals surface area (Å²) in [6.45, 7) is 11.8. The highest BCUT2D eigenvalue weighted by Gasteiger charge is 2.20. The number of hydrogen-bond acceptors (Lipinski definition) is 1. The van der Waals surface area contributed by atoms with E-state index in [1.165, 1.54) is 0 Å². The summed E-state index contributed by atoms with van der Waals surface area (Å²) in [5, 5.41) is 8.69. The molecule has 0 atom stereocenters. The highest BCUT2D eigenvalue weighted by Crippen LogP contribution is 2.31. The topological polar surface area (TPSA) is 20.2 Å². The Morgan fingerprint density at radius 3 is 2.00 bits per heavy atom. The number of aliphatic hydroxyl groups excluding tert-OH is 1. The maximum absolute atomic E-state index is 8.69. The Balaban J connectivity index is 3.96. The van der Waals surface area contributed by atoms with E-state index in [9.17, 15) is 0 Å². The maximum Gasteiger partial charge on any atom is 0.0431 e. The Morgan fingerprint density at radius 2 is 1.67 bits per heavy atom. The molecule has 1 radical (unpaired) electrons. The fourth-order valence-electron chi connectivity index (χ4n) is 1.35. The van der Waals surface area contributed by atoms with Crippen molar-refractivity contribution in [3.63, 3.8) is 0 Å². The summed E-state index contributed by atoms with van der Waals surface area (Å²) in [5.74, 6) is 0. The fourth-order valence-corrected chi connectivity index (χ4v) is 1.35. The van der Waals surface area contributed by atoms with E-state index in [1.54, 1.807) is 0 Å². The van der Waals surface area contributed by atoms with Crippen molar-refractivity contribution < 1.29 is 5.11 Å². The van der Waals surface area contributed by atoms with E-state index < -0.39 is 0 Å². The standard InChI is InChI=1S/C11H19O/c1-4-7-11(3,8-5-2)9-6-10-12/h4-5,12H,1-3,6-10H2. The molecule has 0 saturated heterocycles. The van der Waals surface area contributed by atoms with Crippen LogP contribution in [0.25, 0.3) is 0 Å². The Labute approximate surface area is 75.8 Å². The van der Waals surface area contributed by atoms with Gasteiger partial charge in [0.05, 0.1) is 0 Å². The zero-order valence-corrected chi connectivity index (χ0v) is 7.76. The first-order valence-corrected chi connectivity index (χ1v) is 4.36. The minimum absolute atomic E-state index is 0.00618. The fraction of sp³-hybridized carbons (Fsp3) is 0.545. The molecule has 1 heteroatoms. The van der Waals surface area contributed by atoms with E-state index in [4.69, 9.17) is 5.11 Å². The average Bonchev–Trinajstić information content (AvgIpc) is 2.02. The van der Waals surface area contributed by atoms with Crippen molar-refractivity contribution in [3.8, 4) is 0 Å². The molecule has 0 aliphatic carbocycles. The first-order valence-electron chi connectivity index (χ1n) is 4.36. The van der Waals surface area contributed by atoms with Gasteiger partial charge in [-0.05, 0) is 38.0 Å². The summed E-state index contributed by atoms with van der Waals surface area (Å²) in [6.07, 6.45) is 7.28. The van der Waals surface area contributed by atoms with Crippen molar-refractivity contribution in [3.05, 3.63) is 32.2 Å². The van der Waals surface area contributed by atoms with Gasteiger partial charge in [0.15, 0.2) is 0 Å². The van der Waals surface area contributed by atoms with E-state index in [0.717, 1.165) is 25.7 Å². The number of rotatable bonds is 7. The second kappa shape index (κ2) is 6.01. The number of hydrogen-bond donors (Lipinski definition) is 1. The highest BCUT2D eigenvalue weighted by molar-refractivity contribution is 4.93. The molecular weight excluding hydrogens is 148 g/mol. The van der Waals surface area contributed by atoms with E-state index >= 15 is 0 Å². The van der Waals surface area contributed by atoms with Crippen LogP contribution in [0.15, 0.2) is 25.3 Å². The highest BCUT2D eigenvalue weighted by atomic mass is 16.2. The van der Waals surface area contributed by atoms with Gasteiger partial charge in [-0.3, -0.25) is 0 Å². The van der Waals surface area contributed by atoms with Gasteiger partial charge in [-0.15, -0.1) is 13.2 Å². The second-order valence-corrected chi connectivity index (χ2v) is 3.31. The van der Waals surface area contributed by atoms with Crippen molar-refractivity contribution in [2.45, 2.75) is 25.7 Å². The van der Waals surface area contributed by atoms with Gasteiger partial charge >= 0.3 is 0 Å². The van der Waals surface area contributed by atoms with Crippen LogP contribution in [-0.2, 0) is 0 Å². The molecule has 0 aromatic rings. The van der Waals surface area contributed by atoms with Crippen LogP contribution < -0.4 is 0 Å². The molecule has 0 unspecified atom stereocenters. The normalized spacial score (nSPS) is 11.2. The molecule has 0 fully saturated rings. The lowest BCUT2D eigenvalue weighted by Gasteiger charge is -2.26. The molecule has 0 spiro atoms. The van der Waals surface area contributed by atoms with Gasteiger partial charge in [0.1, 0.15) is 0 Å². The van der Waals surface area contributed by atoms with Gasteiger partial charge in [0, 0.05) is 6.61 Å². The molecule has 1 N–H and O–H groups in total. The van der Waals surface area contributed by atoms with Gasteiger partial charge < -0.3 is 5.11 Å². The lowest BCUT2D eigenvalue weighted by Crippen LogP contribution is -2.15. The Morgan fingerprint density at radius 1 is 1.17 bits per heavy atom. The predicted octanol–water partition coefficient (Wildman–Crippen LogP) is 2.73. The molecule has 0 rings (SSSR count). The minimum atomic E-state index is 0.00618. The third-order valence-corrected chi connectivity index (χ3v) is 2.02. The molecule has 0 bridgehead atoms. The van der Waals surface area contributed by atoms with Crippen molar-refractivity contribution in [2.75, 3.05) is 6.61 Å². The van der Waals surface area contributed by atoms with Crippen LogP contribution in [0.3, 0.4) is 0 Å². The van der Waals surface area contributed by atoms with Crippen LogP contribution in [0.2, 0.25) is 0 Å². The minimum Gasteiger partial charge on any atom is -0.396 e. The SMILES string of the molecule is [CH2]C(CC=C)(CC=C)CCCO. The Kier molecular flexibility index (Phi) is 5.73. The van der Waals surface area contributed by atoms with E-state index in [-0.39, 0.29) is 12.0 Å². The van der Waals surface area contributed by atoms with Gasteiger partial charge in [0.25, 0.3) is 0 Å². The van der Waals surface area contributed by atoms with E-state index in [1.807, 2.05) is 12.2 Å². The van der Waals surface area contributed by atoms with Gasteiger partial charge in [-0.25, -0.2) is 0 Å². The summed E-state index contributed by atoms with van der Waals surface area (Å²) >= 11 is 0. The molecule has 0 aliphatic rings. The van der Waals surface area contributed by atoms with Crippen molar-refractivity contribution in [2.24, 2.45) is 5.41 Å². The third kappa shape index (κ3) is 4.35. The van der Waals surface area contributed by atoms with Crippen molar-refractivity contribution in [1.29, 1.82) is 0 Å². The Bertz CT molecular complexity index is 128. The smallest absolute Gasteiger partial charge is 0.0431 e. The molecule has 0 saturated carbocycles. The summed E-state index contributed by atoms with van der Waals surface area (Å²) < 4.78 is 0. The quantitative estimate of drug-likeness (QED) is 0.578. The molecule has 0 aromatic carbocycles. The summed E-state index contributed by atoms with van der Waals surface area (Å²) in [4.78, 5) is 0. The van der Waals surface area contributed by atoms with Crippen LogP contribution in [0.5, 0.6) is 0 Å². The van der Waals surface area contributed by atoms with Crippen molar-refractivity contribution in [1.82, 2.24) is 0 Å². The average molecular weight is 167 g/mol.